The molecule has 0 atom stereocenters. The van der Waals surface area contributed by atoms with Crippen LogP contribution in [-0.2, 0) is 11.3 Å². The van der Waals surface area contributed by atoms with E-state index in [9.17, 15) is 9.18 Å². The van der Waals surface area contributed by atoms with Crippen molar-refractivity contribution in [1.82, 2.24) is 0 Å². The van der Waals surface area contributed by atoms with Crippen molar-refractivity contribution in [1.29, 1.82) is 0 Å². The maximum atomic E-state index is 12.9. The van der Waals surface area contributed by atoms with E-state index in [0.29, 0.717) is 11.1 Å². The molecular formula is C15H13FO2. The largest absolute Gasteiger partial charge is 0.457 e. The lowest BCUT2D eigenvalue weighted by Gasteiger charge is -2.07. The number of benzene rings is 2. The number of halogens is 1. The Morgan fingerprint density at radius 3 is 2.56 bits per heavy atom. The molecule has 0 heterocycles. The highest BCUT2D eigenvalue weighted by molar-refractivity contribution is 5.90. The van der Waals surface area contributed by atoms with Crippen LogP contribution in [0, 0.1) is 12.7 Å². The second-order valence-electron chi connectivity index (χ2n) is 4.02. The molecule has 0 saturated heterocycles. The highest BCUT2D eigenvalue weighted by atomic mass is 19.1. The number of esters is 1. The van der Waals surface area contributed by atoms with Gasteiger partial charge in [-0.15, -0.1) is 0 Å². The zero-order valence-corrected chi connectivity index (χ0v) is 10.0. The lowest BCUT2D eigenvalue weighted by Crippen LogP contribution is -2.07. The lowest BCUT2D eigenvalue weighted by molar-refractivity contribution is 0.0472. The van der Waals surface area contributed by atoms with Crippen molar-refractivity contribution in [3.63, 3.8) is 0 Å². The van der Waals surface area contributed by atoms with Gasteiger partial charge in [0.2, 0.25) is 0 Å². The average molecular weight is 244 g/mol. The maximum absolute atomic E-state index is 12.9. The first kappa shape index (κ1) is 12.3. The van der Waals surface area contributed by atoms with Crippen molar-refractivity contribution in [3.8, 4) is 0 Å². The van der Waals surface area contributed by atoms with Crippen LogP contribution in [0.25, 0.3) is 0 Å². The number of aryl methyl sites for hydroxylation is 1. The van der Waals surface area contributed by atoms with E-state index in [1.165, 1.54) is 18.2 Å². The number of carbonyl (C=O) groups excluding carboxylic acids is 1. The Morgan fingerprint density at radius 1 is 1.17 bits per heavy atom. The van der Waals surface area contributed by atoms with Gasteiger partial charge < -0.3 is 4.74 Å². The molecule has 0 radical (unpaired) electrons. The molecule has 18 heavy (non-hydrogen) atoms. The van der Waals surface area contributed by atoms with Crippen molar-refractivity contribution in [2.24, 2.45) is 0 Å². The van der Waals surface area contributed by atoms with Gasteiger partial charge in [-0.1, -0.05) is 30.3 Å². The van der Waals surface area contributed by atoms with Crippen molar-refractivity contribution >= 4 is 5.97 Å². The molecule has 0 aromatic heterocycles. The standard InChI is InChI=1S/C15H13FO2/c1-11-9-13(16)7-8-14(11)15(17)18-10-12-5-3-2-4-6-12/h2-9H,10H2,1H3. The summed E-state index contributed by atoms with van der Waals surface area (Å²) in [6, 6.07) is 13.4. The number of rotatable bonds is 3. The van der Waals surface area contributed by atoms with Crippen LogP contribution in [0.2, 0.25) is 0 Å². The van der Waals surface area contributed by atoms with Gasteiger partial charge in [-0.25, -0.2) is 9.18 Å². The van der Waals surface area contributed by atoms with E-state index in [-0.39, 0.29) is 12.4 Å². The van der Waals surface area contributed by atoms with Gasteiger partial charge in [0.1, 0.15) is 12.4 Å². The summed E-state index contributed by atoms with van der Waals surface area (Å²) in [7, 11) is 0. The van der Waals surface area contributed by atoms with E-state index in [4.69, 9.17) is 4.74 Å². The van der Waals surface area contributed by atoms with Crippen LogP contribution >= 0.6 is 0 Å². The van der Waals surface area contributed by atoms with Gasteiger partial charge >= 0.3 is 5.97 Å². The van der Waals surface area contributed by atoms with Crippen LogP contribution in [0.15, 0.2) is 48.5 Å². The van der Waals surface area contributed by atoms with Crippen LogP contribution in [0.3, 0.4) is 0 Å². The smallest absolute Gasteiger partial charge is 0.338 e. The number of carbonyl (C=O) groups is 1. The van der Waals surface area contributed by atoms with Crippen molar-refractivity contribution in [2.45, 2.75) is 13.5 Å². The Morgan fingerprint density at radius 2 is 1.89 bits per heavy atom. The monoisotopic (exact) mass is 244 g/mol. The van der Waals surface area contributed by atoms with Crippen molar-refractivity contribution < 1.29 is 13.9 Å². The minimum atomic E-state index is -0.434. The molecular weight excluding hydrogens is 231 g/mol. The second-order valence-corrected chi connectivity index (χ2v) is 4.02. The Balaban J connectivity index is 2.04. The first-order valence-electron chi connectivity index (χ1n) is 5.64. The van der Waals surface area contributed by atoms with Crippen LogP contribution in [0.1, 0.15) is 21.5 Å². The summed E-state index contributed by atoms with van der Waals surface area (Å²) in [4.78, 5) is 11.8. The van der Waals surface area contributed by atoms with Crippen LogP contribution in [0.4, 0.5) is 4.39 Å². The molecule has 0 fully saturated rings. The summed E-state index contributed by atoms with van der Waals surface area (Å²) in [5, 5.41) is 0. The fourth-order valence-electron chi connectivity index (χ4n) is 1.66. The SMILES string of the molecule is Cc1cc(F)ccc1C(=O)OCc1ccccc1. The van der Waals surface area contributed by atoms with Gasteiger partial charge in [0.05, 0.1) is 5.56 Å². The maximum Gasteiger partial charge on any atom is 0.338 e. The summed E-state index contributed by atoms with van der Waals surface area (Å²) in [6.45, 7) is 1.90. The van der Waals surface area contributed by atoms with Gasteiger partial charge in [0.25, 0.3) is 0 Å². The number of hydrogen-bond donors (Lipinski definition) is 0. The molecule has 0 unspecified atom stereocenters. The molecule has 2 rings (SSSR count). The van der Waals surface area contributed by atoms with Crippen molar-refractivity contribution in [3.05, 3.63) is 71.0 Å². The molecule has 0 bridgehead atoms. The van der Waals surface area contributed by atoms with Gasteiger partial charge in [-0.05, 0) is 36.2 Å². The fraction of sp³-hybridized carbons (Fsp3) is 0.133. The summed E-state index contributed by atoms with van der Waals surface area (Å²) >= 11 is 0. The highest BCUT2D eigenvalue weighted by Crippen LogP contribution is 2.12. The third-order valence-electron chi connectivity index (χ3n) is 2.62. The van der Waals surface area contributed by atoms with E-state index < -0.39 is 5.97 Å². The van der Waals surface area contributed by atoms with E-state index in [0.717, 1.165) is 5.56 Å². The normalized spacial score (nSPS) is 10.1. The first-order valence-corrected chi connectivity index (χ1v) is 5.64. The van der Waals surface area contributed by atoms with E-state index >= 15 is 0 Å². The Bertz CT molecular complexity index is 550. The summed E-state index contributed by atoms with van der Waals surface area (Å²) in [5.41, 5.74) is 1.89. The van der Waals surface area contributed by atoms with Crippen LogP contribution in [0.5, 0.6) is 0 Å². The zero-order valence-electron chi connectivity index (χ0n) is 10.0. The molecule has 0 aliphatic heterocycles. The van der Waals surface area contributed by atoms with Gasteiger partial charge in [0.15, 0.2) is 0 Å². The third-order valence-corrected chi connectivity index (χ3v) is 2.62. The van der Waals surface area contributed by atoms with E-state index in [1.807, 2.05) is 30.3 Å². The molecule has 2 nitrogen and oxygen atoms in total. The van der Waals surface area contributed by atoms with Gasteiger partial charge in [-0.2, -0.15) is 0 Å². The Labute approximate surface area is 105 Å². The third kappa shape index (κ3) is 2.94. The van der Waals surface area contributed by atoms with E-state index in [1.54, 1.807) is 6.92 Å². The topological polar surface area (TPSA) is 26.3 Å². The molecule has 0 saturated carbocycles. The quantitative estimate of drug-likeness (QED) is 0.772. The molecule has 0 N–H and O–H groups in total. The number of ether oxygens (including phenoxy) is 1. The lowest BCUT2D eigenvalue weighted by atomic mass is 10.1. The molecule has 0 aliphatic carbocycles. The average Bonchev–Trinajstić information content (AvgIpc) is 2.37. The van der Waals surface area contributed by atoms with Gasteiger partial charge in [-0.3, -0.25) is 0 Å². The zero-order chi connectivity index (χ0) is 13.0. The highest BCUT2D eigenvalue weighted by Gasteiger charge is 2.10. The van der Waals surface area contributed by atoms with Crippen molar-refractivity contribution in [2.75, 3.05) is 0 Å². The van der Waals surface area contributed by atoms with Gasteiger partial charge in [0, 0.05) is 0 Å². The molecule has 92 valence electrons. The molecule has 0 amide bonds. The predicted molar refractivity (Wildman–Crippen MR) is 66.7 cm³/mol. The second kappa shape index (κ2) is 5.45. The summed E-state index contributed by atoms with van der Waals surface area (Å²) in [5.74, 6) is -0.788. The summed E-state index contributed by atoms with van der Waals surface area (Å²) in [6.07, 6.45) is 0. The molecule has 2 aromatic carbocycles. The van der Waals surface area contributed by atoms with Crippen LogP contribution < -0.4 is 0 Å². The molecule has 3 heteroatoms. The molecule has 0 spiro atoms. The molecule has 2 aromatic rings. The first-order chi connectivity index (χ1) is 8.66. The molecule has 0 aliphatic rings. The minimum absolute atomic E-state index is 0.219. The number of hydrogen-bond acceptors (Lipinski definition) is 2. The Kier molecular flexibility index (Phi) is 3.72. The summed E-state index contributed by atoms with van der Waals surface area (Å²) < 4.78 is 18.1. The fourth-order valence-corrected chi connectivity index (χ4v) is 1.66. The van der Waals surface area contributed by atoms with Crippen LogP contribution in [-0.4, -0.2) is 5.97 Å². The Hall–Kier alpha value is -2.16. The minimum Gasteiger partial charge on any atom is -0.457 e. The van der Waals surface area contributed by atoms with E-state index in [2.05, 4.69) is 0 Å². The predicted octanol–water partition coefficient (Wildman–Crippen LogP) is 3.49.